The smallest absolute Gasteiger partial charge is 0.254 e. The molecule has 33 heavy (non-hydrogen) atoms. The molecule has 2 amide bonds. The van der Waals surface area contributed by atoms with Crippen LogP contribution in [0.3, 0.4) is 0 Å². The van der Waals surface area contributed by atoms with Gasteiger partial charge in [-0.2, -0.15) is 0 Å². The summed E-state index contributed by atoms with van der Waals surface area (Å²) < 4.78 is 5.36. The molecule has 2 saturated heterocycles. The molecule has 4 aliphatic rings. The van der Waals surface area contributed by atoms with Crippen LogP contribution in [0.4, 0.5) is 0 Å². The summed E-state index contributed by atoms with van der Waals surface area (Å²) in [6.45, 7) is 4.20. The topological polar surface area (TPSA) is 61.9 Å². The van der Waals surface area contributed by atoms with Crippen molar-refractivity contribution in [3.05, 3.63) is 35.4 Å². The van der Waals surface area contributed by atoms with Gasteiger partial charge in [-0.25, -0.2) is 0 Å². The average molecular weight is 454 g/mol. The highest BCUT2D eigenvalue weighted by Crippen LogP contribution is 2.50. The molecule has 1 aromatic carbocycles. The Labute approximate surface area is 198 Å². The van der Waals surface area contributed by atoms with Gasteiger partial charge in [0.1, 0.15) is 0 Å². The largest absolute Gasteiger partial charge is 0.383 e. The molecule has 6 heteroatoms. The summed E-state index contributed by atoms with van der Waals surface area (Å²) >= 11 is 0. The van der Waals surface area contributed by atoms with Gasteiger partial charge in [-0.3, -0.25) is 9.59 Å². The van der Waals surface area contributed by atoms with Crippen LogP contribution >= 0.6 is 0 Å². The van der Waals surface area contributed by atoms with Crippen LogP contribution in [-0.2, 0) is 9.53 Å². The van der Waals surface area contributed by atoms with Crippen molar-refractivity contribution in [3.8, 4) is 0 Å². The van der Waals surface area contributed by atoms with Gasteiger partial charge in [0.05, 0.1) is 18.1 Å². The van der Waals surface area contributed by atoms with E-state index in [1.807, 2.05) is 29.2 Å². The van der Waals surface area contributed by atoms with Crippen molar-refractivity contribution in [2.45, 2.75) is 75.3 Å². The van der Waals surface area contributed by atoms with Crippen molar-refractivity contribution in [3.63, 3.8) is 0 Å². The second-order valence-corrected chi connectivity index (χ2v) is 10.5. The van der Waals surface area contributed by atoms with E-state index in [1.54, 1.807) is 7.11 Å². The molecule has 1 aromatic rings. The fourth-order valence-corrected chi connectivity index (χ4v) is 7.32. The van der Waals surface area contributed by atoms with Gasteiger partial charge < -0.3 is 19.9 Å². The van der Waals surface area contributed by atoms with Crippen LogP contribution < -0.4 is 5.32 Å². The predicted octanol–water partition coefficient (Wildman–Crippen LogP) is 3.57. The fourth-order valence-electron chi connectivity index (χ4n) is 7.32. The Hall–Kier alpha value is -1.92. The number of piperidine rings is 2. The number of nitrogens with one attached hydrogen (secondary N) is 1. The van der Waals surface area contributed by atoms with E-state index in [9.17, 15) is 9.59 Å². The highest BCUT2D eigenvalue weighted by atomic mass is 16.5. The lowest BCUT2D eigenvalue weighted by molar-refractivity contribution is -0.127. The Bertz CT molecular complexity index is 864. The molecule has 1 N–H and O–H groups in total. The van der Waals surface area contributed by atoms with E-state index < -0.39 is 5.54 Å². The molecule has 5 rings (SSSR count). The lowest BCUT2D eigenvalue weighted by Crippen LogP contribution is -2.61. The molecule has 3 heterocycles. The molecule has 1 saturated carbocycles. The van der Waals surface area contributed by atoms with Crippen molar-refractivity contribution in [1.29, 1.82) is 0 Å². The summed E-state index contributed by atoms with van der Waals surface area (Å²) in [5.41, 5.74) is 1.17. The first-order valence-electron chi connectivity index (χ1n) is 13.1. The number of rotatable bonds is 6. The summed E-state index contributed by atoms with van der Waals surface area (Å²) in [4.78, 5) is 32.1. The van der Waals surface area contributed by atoms with Crippen molar-refractivity contribution < 1.29 is 14.3 Å². The number of methoxy groups -OCH3 is 1. The molecule has 3 unspecified atom stereocenters. The summed E-state index contributed by atoms with van der Waals surface area (Å²) in [5.74, 6) is 0.385. The monoisotopic (exact) mass is 453 g/mol. The minimum Gasteiger partial charge on any atom is -0.383 e. The van der Waals surface area contributed by atoms with Crippen LogP contribution in [0.15, 0.2) is 24.3 Å². The second kappa shape index (κ2) is 9.75. The number of hydrogen-bond donors (Lipinski definition) is 1. The molecule has 3 aliphatic heterocycles. The summed E-state index contributed by atoms with van der Waals surface area (Å²) in [6.07, 6.45) is 10.2. The fraction of sp³-hybridized carbons (Fsp3) is 0.704. The van der Waals surface area contributed by atoms with Crippen molar-refractivity contribution in [2.24, 2.45) is 5.92 Å². The Balaban J connectivity index is 1.41. The van der Waals surface area contributed by atoms with Crippen molar-refractivity contribution in [1.82, 2.24) is 15.1 Å². The van der Waals surface area contributed by atoms with Gasteiger partial charge in [0.2, 0.25) is 5.91 Å². The number of fused-ring (bicyclic) bond motifs is 2. The van der Waals surface area contributed by atoms with E-state index in [-0.39, 0.29) is 17.7 Å². The molecule has 1 aliphatic carbocycles. The molecule has 1 spiro atoms. The summed E-state index contributed by atoms with van der Waals surface area (Å²) in [7, 11) is 1.67. The standard InChI is InChI=1S/C27H39N3O3/c1-33-18-17-30-26(32)22-11-3-2-10-21(22)24(27(30)13-5-6-14-27)25(31)28-19-20-9-8-16-29-15-7-4-12-23(20)29/h2-3,10-11,20,23-24H,4-9,12-19H2,1H3,(H,28,31). The maximum Gasteiger partial charge on any atom is 0.254 e. The van der Waals surface area contributed by atoms with Gasteiger partial charge in [0, 0.05) is 31.8 Å². The van der Waals surface area contributed by atoms with Crippen LogP contribution in [0.5, 0.6) is 0 Å². The van der Waals surface area contributed by atoms with Gasteiger partial charge in [-0.1, -0.05) is 37.5 Å². The third-order valence-electron chi connectivity index (χ3n) is 8.84. The van der Waals surface area contributed by atoms with Gasteiger partial charge in [0.25, 0.3) is 5.91 Å². The Morgan fingerprint density at radius 3 is 2.70 bits per heavy atom. The van der Waals surface area contributed by atoms with Gasteiger partial charge in [0.15, 0.2) is 0 Å². The van der Waals surface area contributed by atoms with E-state index >= 15 is 0 Å². The Kier molecular flexibility index (Phi) is 6.75. The van der Waals surface area contributed by atoms with Crippen LogP contribution in [0, 0.1) is 5.92 Å². The third kappa shape index (κ3) is 4.10. The summed E-state index contributed by atoms with van der Waals surface area (Å²) in [5, 5.41) is 3.40. The number of amides is 2. The molecular weight excluding hydrogens is 414 g/mol. The number of carbonyl (C=O) groups is 2. The second-order valence-electron chi connectivity index (χ2n) is 10.5. The first-order valence-corrected chi connectivity index (χ1v) is 13.1. The molecular formula is C27H39N3O3. The molecule has 3 atom stereocenters. The van der Waals surface area contributed by atoms with Crippen molar-refractivity contribution in [2.75, 3.05) is 39.9 Å². The van der Waals surface area contributed by atoms with E-state index in [0.29, 0.717) is 30.7 Å². The van der Waals surface area contributed by atoms with Crippen LogP contribution in [-0.4, -0.2) is 73.1 Å². The zero-order valence-electron chi connectivity index (χ0n) is 20.1. The minimum atomic E-state index is -0.433. The maximum atomic E-state index is 14.0. The quantitative estimate of drug-likeness (QED) is 0.715. The van der Waals surface area contributed by atoms with Crippen LogP contribution in [0.2, 0.25) is 0 Å². The number of nitrogens with zero attached hydrogens (tertiary/aromatic N) is 2. The average Bonchev–Trinajstić information content (AvgIpc) is 3.32. The number of carbonyl (C=O) groups excluding carboxylic acids is 2. The number of ether oxygens (including phenoxy) is 1. The van der Waals surface area contributed by atoms with Crippen LogP contribution in [0.25, 0.3) is 0 Å². The highest BCUT2D eigenvalue weighted by molar-refractivity contribution is 6.02. The van der Waals surface area contributed by atoms with Crippen LogP contribution in [0.1, 0.15) is 79.6 Å². The molecule has 0 bridgehead atoms. The van der Waals surface area contributed by atoms with Gasteiger partial charge >= 0.3 is 0 Å². The van der Waals surface area contributed by atoms with Crippen molar-refractivity contribution >= 4 is 11.8 Å². The van der Waals surface area contributed by atoms with E-state index in [0.717, 1.165) is 37.8 Å². The molecule has 6 nitrogen and oxygen atoms in total. The molecule has 180 valence electrons. The third-order valence-corrected chi connectivity index (χ3v) is 8.84. The lowest BCUT2D eigenvalue weighted by Gasteiger charge is -2.50. The zero-order valence-corrected chi connectivity index (χ0v) is 20.1. The van der Waals surface area contributed by atoms with E-state index in [2.05, 4.69) is 10.2 Å². The first kappa shape index (κ1) is 22.9. The SMILES string of the molecule is COCCN1C(=O)c2ccccc2C(C(=O)NCC2CCCN3CCCCC23)C12CCCC2. The number of benzene rings is 1. The zero-order chi connectivity index (χ0) is 22.8. The Morgan fingerprint density at radius 1 is 1.09 bits per heavy atom. The first-order chi connectivity index (χ1) is 16.2. The van der Waals surface area contributed by atoms with E-state index in [1.165, 1.54) is 45.2 Å². The molecule has 3 fully saturated rings. The minimum absolute atomic E-state index is 0.0544. The van der Waals surface area contributed by atoms with E-state index in [4.69, 9.17) is 4.74 Å². The maximum absolute atomic E-state index is 14.0. The Morgan fingerprint density at radius 2 is 1.88 bits per heavy atom. The predicted molar refractivity (Wildman–Crippen MR) is 128 cm³/mol. The normalized spacial score (nSPS) is 29.1. The van der Waals surface area contributed by atoms with Gasteiger partial charge in [-0.05, 0) is 69.2 Å². The van der Waals surface area contributed by atoms with Gasteiger partial charge in [-0.15, -0.1) is 0 Å². The lowest BCUT2D eigenvalue weighted by atomic mass is 9.71. The highest BCUT2D eigenvalue weighted by Gasteiger charge is 2.55. The molecule has 0 radical (unpaired) electrons. The summed E-state index contributed by atoms with van der Waals surface area (Å²) in [6, 6.07) is 8.40. The molecule has 0 aromatic heterocycles. The number of hydrogen-bond acceptors (Lipinski definition) is 4.